The Labute approximate surface area is 173 Å². The van der Waals surface area contributed by atoms with E-state index in [1.54, 1.807) is 28.8 Å². The van der Waals surface area contributed by atoms with Crippen molar-refractivity contribution in [2.45, 2.75) is 13.5 Å². The Bertz CT molecular complexity index is 768. The summed E-state index contributed by atoms with van der Waals surface area (Å²) >= 11 is 8.30. The molecule has 2 rings (SSSR count). The maximum absolute atomic E-state index is 12.2. The Morgan fingerprint density at radius 3 is 2.82 bits per heavy atom. The molecule has 0 aliphatic carbocycles. The summed E-state index contributed by atoms with van der Waals surface area (Å²) in [5, 5.41) is 0.489. The Hall–Kier alpha value is -0.346. The van der Waals surface area contributed by atoms with E-state index in [0.29, 0.717) is 26.6 Å². The van der Waals surface area contributed by atoms with Crippen LogP contribution in [0.1, 0.15) is 6.92 Å². The molecule has 0 saturated carbocycles. The topological polar surface area (TPSA) is 31.2 Å². The number of ether oxygens (including phenoxy) is 1. The van der Waals surface area contributed by atoms with Crippen molar-refractivity contribution in [1.82, 2.24) is 4.57 Å². The molecule has 3 nitrogen and oxygen atoms in total. The van der Waals surface area contributed by atoms with E-state index in [1.165, 1.54) is 0 Å². The number of pyridine rings is 1. The van der Waals surface area contributed by atoms with Gasteiger partial charge in [-0.1, -0.05) is 28.8 Å². The first-order valence-corrected chi connectivity index (χ1v) is 7.71. The third-order valence-corrected chi connectivity index (χ3v) is 3.97. The molecule has 0 spiro atoms. The van der Waals surface area contributed by atoms with Gasteiger partial charge in [-0.05, 0) is 27.6 Å². The van der Waals surface area contributed by atoms with Gasteiger partial charge in [0, 0.05) is 39.3 Å². The molecule has 1 heterocycles. The molecule has 22 heavy (non-hydrogen) atoms. The van der Waals surface area contributed by atoms with Crippen molar-refractivity contribution in [2.75, 3.05) is 6.61 Å². The average molecular weight is 502 g/mol. The molecule has 0 aliphatic rings. The van der Waals surface area contributed by atoms with Crippen LogP contribution in [0.15, 0.2) is 29.1 Å². The van der Waals surface area contributed by atoms with Gasteiger partial charge >= 0.3 is 0 Å². The van der Waals surface area contributed by atoms with Gasteiger partial charge < -0.3 is 9.30 Å². The molecular formula is C16H12ClINO2Y-. The van der Waals surface area contributed by atoms with Gasteiger partial charge in [0.05, 0.1) is 0 Å². The molecule has 0 aliphatic heterocycles. The molecule has 0 amide bonds. The number of benzene rings is 1. The second kappa shape index (κ2) is 9.07. The maximum Gasteiger partial charge on any atom is 0.207 e. The number of hydrogen-bond acceptors (Lipinski definition) is 2. The van der Waals surface area contributed by atoms with E-state index in [0.717, 1.165) is 5.56 Å². The minimum atomic E-state index is -0.0458. The SMILES string of the molecule is C#CCOc1ccc(-c2[c-]cc(I)c(=O)n2CC)c(Cl)c1.[Y]. The van der Waals surface area contributed by atoms with Crippen molar-refractivity contribution in [3.05, 3.63) is 49.3 Å². The Balaban J connectivity index is 0.00000242. The largest absolute Gasteiger partial charge is 0.481 e. The molecule has 0 saturated heterocycles. The van der Waals surface area contributed by atoms with Crippen LogP contribution in [0.25, 0.3) is 11.3 Å². The molecule has 0 atom stereocenters. The number of hydrogen-bond donors (Lipinski definition) is 0. The van der Waals surface area contributed by atoms with Crippen LogP contribution in [0, 0.1) is 22.0 Å². The zero-order valence-corrected chi connectivity index (χ0v) is 17.6. The number of nitrogens with zero attached hydrogens (tertiary/aromatic N) is 1. The normalized spacial score (nSPS) is 9.73. The quantitative estimate of drug-likeness (QED) is 0.364. The van der Waals surface area contributed by atoms with Crippen LogP contribution in [-0.4, -0.2) is 11.2 Å². The molecule has 0 fully saturated rings. The number of aromatic nitrogens is 1. The van der Waals surface area contributed by atoms with Crippen LogP contribution in [0.5, 0.6) is 5.75 Å². The van der Waals surface area contributed by atoms with Crippen molar-refractivity contribution >= 4 is 34.2 Å². The fourth-order valence-corrected chi connectivity index (χ4v) is 2.64. The first-order chi connectivity index (χ1) is 10.1. The minimum Gasteiger partial charge on any atom is -0.481 e. The van der Waals surface area contributed by atoms with Crippen LogP contribution >= 0.6 is 34.2 Å². The summed E-state index contributed by atoms with van der Waals surface area (Å²) in [6, 6.07) is 10.0. The molecule has 0 unspecified atom stereocenters. The third-order valence-electron chi connectivity index (χ3n) is 2.89. The summed E-state index contributed by atoms with van der Waals surface area (Å²) in [7, 11) is 0. The van der Waals surface area contributed by atoms with Gasteiger partial charge in [0.25, 0.3) is 0 Å². The molecule has 2 aromatic rings. The smallest absolute Gasteiger partial charge is 0.207 e. The summed E-state index contributed by atoms with van der Waals surface area (Å²) in [6.45, 7) is 2.64. The van der Waals surface area contributed by atoms with Gasteiger partial charge in [-0.25, -0.2) is 0 Å². The summed E-state index contributed by atoms with van der Waals surface area (Å²) in [6.07, 6.45) is 5.15. The van der Waals surface area contributed by atoms with Crippen molar-refractivity contribution in [2.24, 2.45) is 0 Å². The van der Waals surface area contributed by atoms with Gasteiger partial charge in [-0.2, -0.15) is 12.1 Å². The van der Waals surface area contributed by atoms with Crippen LogP contribution in [-0.2, 0) is 39.3 Å². The first kappa shape index (κ1) is 19.7. The van der Waals surface area contributed by atoms with E-state index in [1.807, 2.05) is 29.5 Å². The fourth-order valence-electron chi connectivity index (χ4n) is 1.93. The van der Waals surface area contributed by atoms with E-state index in [-0.39, 0.29) is 44.9 Å². The van der Waals surface area contributed by atoms with Crippen LogP contribution in [0.2, 0.25) is 5.02 Å². The second-order valence-corrected chi connectivity index (χ2v) is 5.74. The van der Waals surface area contributed by atoms with Crippen molar-refractivity contribution in [3.8, 4) is 29.4 Å². The summed E-state index contributed by atoms with van der Waals surface area (Å²) in [4.78, 5) is 12.2. The van der Waals surface area contributed by atoms with Crippen LogP contribution < -0.4 is 10.3 Å². The van der Waals surface area contributed by atoms with E-state index in [2.05, 4.69) is 12.0 Å². The predicted molar refractivity (Wildman–Crippen MR) is 92.7 cm³/mol. The number of rotatable bonds is 4. The molecule has 0 N–H and O–H groups in total. The third kappa shape index (κ3) is 4.35. The van der Waals surface area contributed by atoms with E-state index >= 15 is 0 Å². The minimum absolute atomic E-state index is 0. The van der Waals surface area contributed by atoms with Crippen LogP contribution in [0.3, 0.4) is 0 Å². The molecular weight excluding hydrogens is 489 g/mol. The number of terminal acetylenes is 1. The van der Waals surface area contributed by atoms with Crippen molar-refractivity contribution in [1.29, 1.82) is 0 Å². The summed E-state index contributed by atoms with van der Waals surface area (Å²) in [5.41, 5.74) is 1.35. The zero-order chi connectivity index (χ0) is 15.4. The molecule has 1 radical (unpaired) electrons. The van der Waals surface area contributed by atoms with Gasteiger partial charge in [-0.3, -0.25) is 4.79 Å². The summed E-state index contributed by atoms with van der Waals surface area (Å²) < 4.78 is 7.60. The maximum atomic E-state index is 12.2. The Morgan fingerprint density at radius 1 is 1.50 bits per heavy atom. The molecule has 1 aromatic carbocycles. The van der Waals surface area contributed by atoms with E-state index < -0.39 is 0 Å². The standard InChI is InChI=1S/C16H12ClINO2.Y/c1-3-9-21-11-5-6-12(13(17)10-11)15-8-7-14(18)16(20)19(15)4-2;/h1,5-7,10H,4,9H2,2H3;/q-1;. The monoisotopic (exact) mass is 501 g/mol. The first-order valence-electron chi connectivity index (χ1n) is 6.25. The van der Waals surface area contributed by atoms with E-state index in [4.69, 9.17) is 22.8 Å². The predicted octanol–water partition coefficient (Wildman–Crippen LogP) is 3.60. The van der Waals surface area contributed by atoms with E-state index in [9.17, 15) is 4.79 Å². The van der Waals surface area contributed by atoms with Crippen molar-refractivity contribution < 1.29 is 37.4 Å². The Morgan fingerprint density at radius 2 is 2.23 bits per heavy atom. The fraction of sp³-hybridized carbons (Fsp3) is 0.188. The number of halogens is 2. The van der Waals surface area contributed by atoms with Crippen LogP contribution in [0.4, 0.5) is 0 Å². The van der Waals surface area contributed by atoms with Gasteiger partial charge in [0.2, 0.25) is 5.56 Å². The Kier molecular flexibility index (Phi) is 8.12. The van der Waals surface area contributed by atoms with Gasteiger partial charge in [0.1, 0.15) is 12.4 Å². The van der Waals surface area contributed by atoms with Crippen molar-refractivity contribution in [3.63, 3.8) is 0 Å². The zero-order valence-electron chi connectivity index (χ0n) is 11.9. The molecule has 1 aromatic heterocycles. The molecule has 111 valence electrons. The van der Waals surface area contributed by atoms with Gasteiger partial charge in [-0.15, -0.1) is 35.1 Å². The molecule has 6 heteroatoms. The average Bonchev–Trinajstić information content (AvgIpc) is 2.48. The summed E-state index contributed by atoms with van der Waals surface area (Å²) in [5.74, 6) is 2.99. The van der Waals surface area contributed by atoms with Gasteiger partial charge in [0.15, 0.2) is 0 Å². The second-order valence-electron chi connectivity index (χ2n) is 4.17. The molecule has 0 bridgehead atoms.